The van der Waals surface area contributed by atoms with Gasteiger partial charge in [-0.15, -0.1) is 0 Å². The van der Waals surface area contributed by atoms with Crippen molar-refractivity contribution in [1.82, 2.24) is 9.88 Å². The van der Waals surface area contributed by atoms with Crippen LogP contribution in [-0.4, -0.2) is 37.3 Å². The molecule has 2 heterocycles. The van der Waals surface area contributed by atoms with Gasteiger partial charge in [-0.25, -0.2) is 0 Å². The van der Waals surface area contributed by atoms with E-state index in [-0.39, 0.29) is 22.2 Å². The maximum absolute atomic E-state index is 12.2. The molecule has 1 aromatic heterocycles. The molecule has 0 atom stereocenters. The molecule has 0 spiro atoms. The predicted molar refractivity (Wildman–Crippen MR) is 80.2 cm³/mol. The average molecular weight is 320 g/mol. The number of para-hydroxylation sites is 1. The van der Waals surface area contributed by atoms with Gasteiger partial charge in [-0.3, -0.25) is 4.79 Å². The van der Waals surface area contributed by atoms with Crippen LogP contribution < -0.4 is 4.18 Å². The Morgan fingerprint density at radius 3 is 2.50 bits per heavy atom. The number of benzene rings is 1. The van der Waals surface area contributed by atoms with Crippen LogP contribution in [0.25, 0.3) is 0 Å². The summed E-state index contributed by atoms with van der Waals surface area (Å²) in [6, 6.07) is 9.57. The van der Waals surface area contributed by atoms with Crippen LogP contribution in [-0.2, 0) is 10.1 Å². The number of H-pyrrole nitrogens is 1. The van der Waals surface area contributed by atoms with Crippen molar-refractivity contribution < 1.29 is 17.4 Å². The van der Waals surface area contributed by atoms with E-state index in [0.717, 1.165) is 12.8 Å². The van der Waals surface area contributed by atoms with E-state index < -0.39 is 10.1 Å². The van der Waals surface area contributed by atoms with E-state index in [1.165, 1.54) is 12.3 Å². The number of rotatable bonds is 4. The number of carbonyl (C=O) groups excluding carboxylic acids is 1. The quantitative estimate of drug-likeness (QED) is 0.874. The Hall–Kier alpha value is -2.28. The van der Waals surface area contributed by atoms with E-state index in [4.69, 9.17) is 4.18 Å². The van der Waals surface area contributed by atoms with Crippen LogP contribution in [0.1, 0.15) is 23.3 Å². The van der Waals surface area contributed by atoms with Crippen molar-refractivity contribution in [3.8, 4) is 5.75 Å². The van der Waals surface area contributed by atoms with Crippen LogP contribution in [0.15, 0.2) is 47.5 Å². The number of hydrogen-bond acceptors (Lipinski definition) is 4. The molecule has 2 aromatic rings. The van der Waals surface area contributed by atoms with Gasteiger partial charge in [0.2, 0.25) is 0 Å². The zero-order valence-corrected chi connectivity index (χ0v) is 12.7. The lowest BCUT2D eigenvalue weighted by Crippen LogP contribution is -2.27. The van der Waals surface area contributed by atoms with E-state index in [1.54, 1.807) is 35.2 Å². The molecule has 0 saturated carbocycles. The van der Waals surface area contributed by atoms with Crippen LogP contribution in [0.3, 0.4) is 0 Å². The molecule has 0 bridgehead atoms. The second-order valence-electron chi connectivity index (χ2n) is 5.10. The Kier molecular flexibility index (Phi) is 3.89. The molecule has 1 fully saturated rings. The molecule has 6 nitrogen and oxygen atoms in total. The van der Waals surface area contributed by atoms with E-state index in [2.05, 4.69) is 4.98 Å². The number of nitrogens with zero attached hydrogens (tertiary/aromatic N) is 1. The van der Waals surface area contributed by atoms with Crippen LogP contribution in [0.2, 0.25) is 0 Å². The summed E-state index contributed by atoms with van der Waals surface area (Å²) < 4.78 is 29.4. The summed E-state index contributed by atoms with van der Waals surface area (Å²) in [5, 5.41) is 0. The van der Waals surface area contributed by atoms with Gasteiger partial charge in [0.25, 0.3) is 5.91 Å². The Balaban J connectivity index is 1.79. The molecule has 1 aromatic carbocycles. The van der Waals surface area contributed by atoms with Crippen molar-refractivity contribution in [2.45, 2.75) is 17.7 Å². The fourth-order valence-electron chi connectivity index (χ4n) is 2.38. The Labute approximate surface area is 128 Å². The van der Waals surface area contributed by atoms with E-state index >= 15 is 0 Å². The maximum atomic E-state index is 12.2. The molecule has 1 aliphatic heterocycles. The summed E-state index contributed by atoms with van der Waals surface area (Å²) in [7, 11) is -3.95. The van der Waals surface area contributed by atoms with Crippen LogP contribution in [0.5, 0.6) is 5.75 Å². The molecule has 1 N–H and O–H groups in total. The van der Waals surface area contributed by atoms with Gasteiger partial charge in [-0.2, -0.15) is 8.42 Å². The van der Waals surface area contributed by atoms with Crippen LogP contribution >= 0.6 is 0 Å². The van der Waals surface area contributed by atoms with Crippen molar-refractivity contribution in [2.75, 3.05) is 13.1 Å². The first-order valence-electron chi connectivity index (χ1n) is 7.03. The first kappa shape index (κ1) is 14.6. The molecule has 0 unspecified atom stereocenters. The van der Waals surface area contributed by atoms with E-state index in [1.807, 2.05) is 0 Å². The second kappa shape index (κ2) is 5.84. The SMILES string of the molecule is O=C(c1cc(S(=O)(=O)Oc2ccccc2)c[nH]1)N1CCCC1. The first-order valence-corrected chi connectivity index (χ1v) is 8.44. The smallest absolute Gasteiger partial charge is 0.340 e. The lowest BCUT2D eigenvalue weighted by molar-refractivity contribution is 0.0787. The molecular weight excluding hydrogens is 304 g/mol. The van der Waals surface area contributed by atoms with E-state index in [9.17, 15) is 13.2 Å². The van der Waals surface area contributed by atoms with Crippen LogP contribution in [0.4, 0.5) is 0 Å². The second-order valence-corrected chi connectivity index (χ2v) is 6.65. The van der Waals surface area contributed by atoms with Gasteiger partial charge in [0, 0.05) is 19.3 Å². The fraction of sp³-hybridized carbons (Fsp3) is 0.267. The molecule has 1 saturated heterocycles. The highest BCUT2D eigenvalue weighted by Crippen LogP contribution is 2.20. The zero-order valence-electron chi connectivity index (χ0n) is 11.9. The van der Waals surface area contributed by atoms with Crippen molar-refractivity contribution in [1.29, 1.82) is 0 Å². The third kappa shape index (κ3) is 2.99. The van der Waals surface area contributed by atoms with Gasteiger partial charge in [-0.05, 0) is 31.0 Å². The highest BCUT2D eigenvalue weighted by atomic mass is 32.2. The third-order valence-corrected chi connectivity index (χ3v) is 4.74. The van der Waals surface area contributed by atoms with Gasteiger partial charge in [-0.1, -0.05) is 18.2 Å². The Bertz CT molecular complexity index is 762. The summed E-state index contributed by atoms with van der Waals surface area (Å²) in [6.07, 6.45) is 3.24. The number of aromatic amines is 1. The summed E-state index contributed by atoms with van der Waals surface area (Å²) in [5.74, 6) is 0.0507. The normalized spacial score (nSPS) is 15.0. The molecule has 7 heteroatoms. The lowest BCUT2D eigenvalue weighted by atomic mass is 10.3. The zero-order chi connectivity index (χ0) is 15.6. The number of hydrogen-bond donors (Lipinski definition) is 1. The highest BCUT2D eigenvalue weighted by molar-refractivity contribution is 7.87. The van der Waals surface area contributed by atoms with Crippen molar-refractivity contribution >= 4 is 16.0 Å². The van der Waals surface area contributed by atoms with Gasteiger partial charge < -0.3 is 14.1 Å². The van der Waals surface area contributed by atoms with Gasteiger partial charge in [0.15, 0.2) is 0 Å². The fourth-order valence-corrected chi connectivity index (χ4v) is 3.31. The molecule has 1 aliphatic rings. The predicted octanol–water partition coefficient (Wildman–Crippen LogP) is 2.02. The van der Waals surface area contributed by atoms with Gasteiger partial charge >= 0.3 is 10.1 Å². The molecule has 3 rings (SSSR count). The first-order chi connectivity index (χ1) is 10.6. The molecule has 0 aliphatic carbocycles. The topological polar surface area (TPSA) is 79.5 Å². The van der Waals surface area contributed by atoms with Crippen molar-refractivity contribution in [2.24, 2.45) is 0 Å². The molecule has 116 valence electrons. The molecular formula is C15H16N2O4S. The average Bonchev–Trinajstić information content (AvgIpc) is 3.19. The summed E-state index contributed by atoms with van der Waals surface area (Å²) in [5.41, 5.74) is 0.261. The lowest BCUT2D eigenvalue weighted by Gasteiger charge is -2.13. The molecule has 1 amide bonds. The van der Waals surface area contributed by atoms with Gasteiger partial charge in [0.1, 0.15) is 16.3 Å². The number of likely N-dealkylation sites (tertiary alicyclic amines) is 1. The number of carbonyl (C=O) groups is 1. The minimum absolute atomic E-state index is 0.0566. The monoisotopic (exact) mass is 320 g/mol. The summed E-state index contributed by atoms with van der Waals surface area (Å²) in [6.45, 7) is 1.42. The number of nitrogens with one attached hydrogen (secondary N) is 1. The largest absolute Gasteiger partial charge is 0.379 e. The summed E-state index contributed by atoms with van der Waals surface area (Å²) in [4.78, 5) is 16.6. The third-order valence-electron chi connectivity index (χ3n) is 3.52. The summed E-state index contributed by atoms with van der Waals surface area (Å²) >= 11 is 0. The van der Waals surface area contributed by atoms with Crippen molar-refractivity contribution in [3.05, 3.63) is 48.3 Å². The van der Waals surface area contributed by atoms with Gasteiger partial charge in [0.05, 0.1) is 0 Å². The minimum atomic E-state index is -3.95. The molecule has 0 radical (unpaired) electrons. The molecule has 22 heavy (non-hydrogen) atoms. The van der Waals surface area contributed by atoms with E-state index in [0.29, 0.717) is 13.1 Å². The standard InChI is InChI=1S/C15H16N2O4S/c18-15(17-8-4-5-9-17)14-10-13(11-16-14)22(19,20)21-12-6-2-1-3-7-12/h1-3,6-7,10-11,16H,4-5,8-9H2. The van der Waals surface area contributed by atoms with Crippen LogP contribution in [0, 0.1) is 0 Å². The Morgan fingerprint density at radius 1 is 1.14 bits per heavy atom. The Morgan fingerprint density at radius 2 is 1.82 bits per heavy atom. The highest BCUT2D eigenvalue weighted by Gasteiger charge is 2.24. The maximum Gasteiger partial charge on any atom is 0.340 e. The number of amides is 1. The number of aromatic nitrogens is 1. The van der Waals surface area contributed by atoms with Crippen molar-refractivity contribution in [3.63, 3.8) is 0 Å². The minimum Gasteiger partial charge on any atom is -0.379 e.